The van der Waals surface area contributed by atoms with Crippen LogP contribution in [-0.4, -0.2) is 60.3 Å². The molecule has 5 heteroatoms. The van der Waals surface area contributed by atoms with Crippen LogP contribution in [0, 0.1) is 0 Å². The number of morpholine rings is 1. The molecule has 2 aliphatic heterocycles. The standard InChI is InChI=1S/C15H21ClN2O2/c16-14-3-1-2-12(15(14)19)10-17-5-4-13(11-17)18-6-8-20-9-7-18/h1-3,13,19H,4-11H2. The molecule has 3 rings (SSSR count). The summed E-state index contributed by atoms with van der Waals surface area (Å²) in [5.41, 5.74) is 0.917. The van der Waals surface area contributed by atoms with E-state index in [2.05, 4.69) is 9.80 Å². The Morgan fingerprint density at radius 3 is 2.85 bits per heavy atom. The quantitative estimate of drug-likeness (QED) is 0.925. The number of aromatic hydroxyl groups is 1. The van der Waals surface area contributed by atoms with Crippen molar-refractivity contribution in [3.8, 4) is 5.75 Å². The third kappa shape index (κ3) is 3.09. The maximum absolute atomic E-state index is 9.99. The van der Waals surface area contributed by atoms with Crippen LogP contribution in [0.5, 0.6) is 5.75 Å². The van der Waals surface area contributed by atoms with Crippen LogP contribution < -0.4 is 0 Å². The summed E-state index contributed by atoms with van der Waals surface area (Å²) < 4.78 is 5.41. The fourth-order valence-corrected chi connectivity index (χ4v) is 3.32. The Morgan fingerprint density at radius 1 is 1.25 bits per heavy atom. The molecule has 4 nitrogen and oxygen atoms in total. The lowest BCUT2D eigenvalue weighted by Crippen LogP contribution is -2.44. The van der Waals surface area contributed by atoms with E-state index in [0.717, 1.165) is 51.5 Å². The number of hydrogen-bond donors (Lipinski definition) is 1. The van der Waals surface area contributed by atoms with E-state index in [4.69, 9.17) is 16.3 Å². The molecule has 1 aromatic carbocycles. The average Bonchev–Trinajstić information content (AvgIpc) is 2.93. The van der Waals surface area contributed by atoms with Crippen molar-refractivity contribution in [1.82, 2.24) is 9.80 Å². The molecule has 110 valence electrons. The monoisotopic (exact) mass is 296 g/mol. The van der Waals surface area contributed by atoms with Crippen molar-refractivity contribution in [2.24, 2.45) is 0 Å². The van der Waals surface area contributed by atoms with Crippen LogP contribution in [-0.2, 0) is 11.3 Å². The van der Waals surface area contributed by atoms with E-state index in [0.29, 0.717) is 11.1 Å². The number of hydrogen-bond acceptors (Lipinski definition) is 4. The Bertz CT molecular complexity index is 463. The summed E-state index contributed by atoms with van der Waals surface area (Å²) in [5, 5.41) is 10.4. The van der Waals surface area contributed by atoms with E-state index < -0.39 is 0 Å². The number of rotatable bonds is 3. The Hall–Kier alpha value is -0.810. The van der Waals surface area contributed by atoms with Crippen LogP contribution in [0.1, 0.15) is 12.0 Å². The minimum absolute atomic E-state index is 0.226. The summed E-state index contributed by atoms with van der Waals surface area (Å²) in [6, 6.07) is 6.19. The summed E-state index contributed by atoms with van der Waals surface area (Å²) in [5.74, 6) is 0.226. The van der Waals surface area contributed by atoms with E-state index in [-0.39, 0.29) is 5.75 Å². The highest BCUT2D eigenvalue weighted by molar-refractivity contribution is 6.32. The minimum Gasteiger partial charge on any atom is -0.506 e. The lowest BCUT2D eigenvalue weighted by molar-refractivity contribution is 0.0183. The average molecular weight is 297 g/mol. The highest BCUT2D eigenvalue weighted by Crippen LogP contribution is 2.29. The highest BCUT2D eigenvalue weighted by Gasteiger charge is 2.28. The molecular weight excluding hydrogens is 276 g/mol. The second-order valence-electron chi connectivity index (χ2n) is 5.57. The molecule has 1 atom stereocenters. The van der Waals surface area contributed by atoms with E-state index in [1.165, 1.54) is 6.42 Å². The van der Waals surface area contributed by atoms with Crippen LogP contribution >= 0.6 is 11.6 Å². The normalized spacial score (nSPS) is 25.1. The number of ether oxygens (including phenoxy) is 1. The van der Waals surface area contributed by atoms with Crippen molar-refractivity contribution >= 4 is 11.6 Å². The molecule has 20 heavy (non-hydrogen) atoms. The van der Waals surface area contributed by atoms with Crippen molar-refractivity contribution in [2.75, 3.05) is 39.4 Å². The van der Waals surface area contributed by atoms with Gasteiger partial charge in [-0.3, -0.25) is 9.80 Å². The SMILES string of the molecule is Oc1c(Cl)cccc1CN1CCC(N2CCOCC2)C1. The van der Waals surface area contributed by atoms with E-state index in [9.17, 15) is 5.11 Å². The molecule has 1 N–H and O–H groups in total. The van der Waals surface area contributed by atoms with Crippen LogP contribution in [0.2, 0.25) is 5.02 Å². The van der Waals surface area contributed by atoms with Gasteiger partial charge in [-0.1, -0.05) is 23.7 Å². The second kappa shape index (κ2) is 6.31. The first-order chi connectivity index (χ1) is 9.74. The smallest absolute Gasteiger partial charge is 0.138 e. The predicted octanol–water partition coefficient (Wildman–Crippen LogP) is 1.95. The van der Waals surface area contributed by atoms with Gasteiger partial charge in [0, 0.05) is 44.3 Å². The molecule has 2 fully saturated rings. The van der Waals surface area contributed by atoms with Gasteiger partial charge in [-0.05, 0) is 12.5 Å². The van der Waals surface area contributed by atoms with Gasteiger partial charge in [0.2, 0.25) is 0 Å². The molecule has 1 aromatic rings. The summed E-state index contributed by atoms with van der Waals surface area (Å²) in [4.78, 5) is 4.92. The Kier molecular flexibility index (Phi) is 4.46. The van der Waals surface area contributed by atoms with Crippen molar-refractivity contribution < 1.29 is 9.84 Å². The van der Waals surface area contributed by atoms with Gasteiger partial charge in [0.25, 0.3) is 0 Å². The van der Waals surface area contributed by atoms with Crippen LogP contribution in [0.15, 0.2) is 18.2 Å². The summed E-state index contributed by atoms with van der Waals surface area (Å²) in [6.45, 7) is 6.70. The maximum atomic E-state index is 9.99. The molecule has 0 spiro atoms. The summed E-state index contributed by atoms with van der Waals surface area (Å²) >= 11 is 5.96. The van der Waals surface area contributed by atoms with Crippen molar-refractivity contribution in [2.45, 2.75) is 19.0 Å². The van der Waals surface area contributed by atoms with Gasteiger partial charge in [-0.25, -0.2) is 0 Å². The molecule has 0 radical (unpaired) electrons. The third-order valence-corrected chi connectivity index (χ3v) is 4.58. The molecule has 0 aromatic heterocycles. The van der Waals surface area contributed by atoms with Gasteiger partial charge < -0.3 is 9.84 Å². The first-order valence-electron chi connectivity index (χ1n) is 7.24. The fourth-order valence-electron chi connectivity index (χ4n) is 3.12. The largest absolute Gasteiger partial charge is 0.506 e. The predicted molar refractivity (Wildman–Crippen MR) is 79.2 cm³/mol. The van der Waals surface area contributed by atoms with Gasteiger partial charge in [-0.15, -0.1) is 0 Å². The van der Waals surface area contributed by atoms with E-state index in [1.54, 1.807) is 6.07 Å². The van der Waals surface area contributed by atoms with Gasteiger partial charge >= 0.3 is 0 Å². The minimum atomic E-state index is 0.226. The molecule has 0 amide bonds. The first kappa shape index (κ1) is 14.1. The molecule has 0 saturated carbocycles. The Labute approximate surface area is 124 Å². The number of para-hydroxylation sites is 1. The Balaban J connectivity index is 1.58. The number of phenolic OH excluding ortho intramolecular Hbond substituents is 1. The lowest BCUT2D eigenvalue weighted by atomic mass is 10.2. The second-order valence-corrected chi connectivity index (χ2v) is 5.98. The topological polar surface area (TPSA) is 35.9 Å². The molecular formula is C15H21ClN2O2. The maximum Gasteiger partial charge on any atom is 0.138 e. The first-order valence-corrected chi connectivity index (χ1v) is 7.62. The van der Waals surface area contributed by atoms with Crippen LogP contribution in [0.4, 0.5) is 0 Å². The van der Waals surface area contributed by atoms with Crippen molar-refractivity contribution in [3.05, 3.63) is 28.8 Å². The summed E-state index contributed by atoms with van der Waals surface area (Å²) in [7, 11) is 0. The molecule has 2 aliphatic rings. The fraction of sp³-hybridized carbons (Fsp3) is 0.600. The molecule has 1 unspecified atom stereocenters. The van der Waals surface area contributed by atoms with Gasteiger partial charge in [0.1, 0.15) is 5.75 Å². The number of benzene rings is 1. The van der Waals surface area contributed by atoms with Crippen LogP contribution in [0.25, 0.3) is 0 Å². The molecule has 2 heterocycles. The number of nitrogens with zero attached hydrogens (tertiary/aromatic N) is 2. The zero-order chi connectivity index (χ0) is 13.9. The number of phenols is 1. The molecule has 0 bridgehead atoms. The lowest BCUT2D eigenvalue weighted by Gasteiger charge is -2.32. The van der Waals surface area contributed by atoms with Gasteiger partial charge in [-0.2, -0.15) is 0 Å². The number of likely N-dealkylation sites (tertiary alicyclic amines) is 1. The van der Waals surface area contributed by atoms with Crippen molar-refractivity contribution in [3.63, 3.8) is 0 Å². The van der Waals surface area contributed by atoms with E-state index in [1.807, 2.05) is 12.1 Å². The van der Waals surface area contributed by atoms with E-state index >= 15 is 0 Å². The van der Waals surface area contributed by atoms with Crippen LogP contribution in [0.3, 0.4) is 0 Å². The zero-order valence-corrected chi connectivity index (χ0v) is 12.4. The van der Waals surface area contributed by atoms with Crippen molar-refractivity contribution in [1.29, 1.82) is 0 Å². The summed E-state index contributed by atoms with van der Waals surface area (Å²) in [6.07, 6.45) is 1.20. The van der Waals surface area contributed by atoms with Gasteiger partial charge in [0.05, 0.1) is 18.2 Å². The third-order valence-electron chi connectivity index (χ3n) is 4.27. The molecule has 0 aliphatic carbocycles. The Morgan fingerprint density at radius 2 is 2.05 bits per heavy atom. The zero-order valence-electron chi connectivity index (χ0n) is 11.6. The highest BCUT2D eigenvalue weighted by atomic mass is 35.5. The van der Waals surface area contributed by atoms with Gasteiger partial charge in [0.15, 0.2) is 0 Å². The molecule has 2 saturated heterocycles. The number of halogens is 1.